The molecule has 4 rings (SSSR count). The van der Waals surface area contributed by atoms with Crippen LogP contribution in [-0.2, 0) is 13.5 Å². The molecule has 1 saturated heterocycles. The van der Waals surface area contributed by atoms with Gasteiger partial charge in [0.15, 0.2) is 0 Å². The van der Waals surface area contributed by atoms with E-state index in [-0.39, 0.29) is 0 Å². The maximum Gasteiger partial charge on any atom is 0.132 e. The summed E-state index contributed by atoms with van der Waals surface area (Å²) in [5.41, 5.74) is 3.95. The number of rotatable bonds is 4. The second-order valence-electron chi connectivity index (χ2n) is 6.42. The van der Waals surface area contributed by atoms with E-state index in [9.17, 15) is 4.39 Å². The standard InChI is InChI=1S/C18H21FN6/c1-3-12-6-18(25-5-4-13(19)10-25)21-8-14(12)23-17-7-16-15(9-20-17)22-11-24(16)2/h6-9,11,13H,3-5,10H2,1-2H3,(H,20,23)/t13-/m1/s1. The van der Waals surface area contributed by atoms with Crippen molar-refractivity contribution < 1.29 is 4.39 Å². The normalized spacial score (nSPS) is 17.4. The van der Waals surface area contributed by atoms with E-state index in [1.165, 1.54) is 0 Å². The molecule has 6 nitrogen and oxygen atoms in total. The lowest BCUT2D eigenvalue weighted by molar-refractivity contribution is 0.364. The molecule has 0 bridgehead atoms. The highest BCUT2D eigenvalue weighted by Gasteiger charge is 2.23. The van der Waals surface area contributed by atoms with Gasteiger partial charge in [0.1, 0.15) is 23.3 Å². The Morgan fingerprint density at radius 3 is 2.88 bits per heavy atom. The topological polar surface area (TPSA) is 58.9 Å². The van der Waals surface area contributed by atoms with Crippen LogP contribution in [0.5, 0.6) is 0 Å². The molecule has 25 heavy (non-hydrogen) atoms. The summed E-state index contributed by atoms with van der Waals surface area (Å²) in [4.78, 5) is 15.2. The number of hydrogen-bond donors (Lipinski definition) is 1. The monoisotopic (exact) mass is 340 g/mol. The molecule has 3 aromatic rings. The summed E-state index contributed by atoms with van der Waals surface area (Å²) in [6.07, 6.45) is 6.04. The molecule has 0 aliphatic carbocycles. The highest BCUT2D eigenvalue weighted by molar-refractivity contribution is 5.78. The van der Waals surface area contributed by atoms with Crippen molar-refractivity contribution in [3.05, 3.63) is 36.4 Å². The second-order valence-corrected chi connectivity index (χ2v) is 6.42. The average Bonchev–Trinajstić information content (AvgIpc) is 3.22. The third-order valence-electron chi connectivity index (χ3n) is 4.69. The molecule has 0 saturated carbocycles. The van der Waals surface area contributed by atoms with Crippen molar-refractivity contribution in [3.63, 3.8) is 0 Å². The third kappa shape index (κ3) is 3.01. The van der Waals surface area contributed by atoms with Gasteiger partial charge in [-0.3, -0.25) is 0 Å². The number of nitrogens with zero attached hydrogens (tertiary/aromatic N) is 5. The van der Waals surface area contributed by atoms with Crippen LogP contribution in [0.4, 0.5) is 21.7 Å². The van der Waals surface area contributed by atoms with E-state index in [0.717, 1.165) is 46.9 Å². The van der Waals surface area contributed by atoms with Crippen molar-refractivity contribution in [1.29, 1.82) is 0 Å². The number of aryl methyl sites for hydroxylation is 2. The first-order valence-electron chi connectivity index (χ1n) is 8.56. The van der Waals surface area contributed by atoms with Crippen molar-refractivity contribution in [1.82, 2.24) is 19.5 Å². The van der Waals surface area contributed by atoms with Gasteiger partial charge in [-0.15, -0.1) is 0 Å². The molecule has 1 aliphatic heterocycles. The molecule has 7 heteroatoms. The molecule has 1 atom stereocenters. The van der Waals surface area contributed by atoms with E-state index in [0.29, 0.717) is 13.0 Å². The summed E-state index contributed by atoms with van der Waals surface area (Å²) >= 11 is 0. The van der Waals surface area contributed by atoms with E-state index in [2.05, 4.69) is 27.2 Å². The summed E-state index contributed by atoms with van der Waals surface area (Å²) in [5.74, 6) is 1.60. The molecule has 0 unspecified atom stereocenters. The van der Waals surface area contributed by atoms with Crippen LogP contribution >= 0.6 is 0 Å². The van der Waals surface area contributed by atoms with Crippen molar-refractivity contribution in [2.75, 3.05) is 23.3 Å². The second kappa shape index (κ2) is 6.31. The first-order valence-corrected chi connectivity index (χ1v) is 8.56. The van der Waals surface area contributed by atoms with Gasteiger partial charge in [-0.1, -0.05) is 6.92 Å². The number of alkyl halides is 1. The quantitative estimate of drug-likeness (QED) is 0.790. The Hall–Kier alpha value is -2.70. The van der Waals surface area contributed by atoms with E-state index in [4.69, 9.17) is 0 Å². The van der Waals surface area contributed by atoms with Gasteiger partial charge in [0.2, 0.25) is 0 Å². The van der Waals surface area contributed by atoms with Crippen LogP contribution in [-0.4, -0.2) is 38.8 Å². The van der Waals surface area contributed by atoms with Crippen molar-refractivity contribution in [2.24, 2.45) is 7.05 Å². The Morgan fingerprint density at radius 1 is 1.24 bits per heavy atom. The fraction of sp³-hybridized carbons (Fsp3) is 0.389. The first-order chi connectivity index (χ1) is 12.1. The Balaban J connectivity index is 1.61. The molecule has 0 radical (unpaired) electrons. The highest BCUT2D eigenvalue weighted by atomic mass is 19.1. The van der Waals surface area contributed by atoms with Gasteiger partial charge >= 0.3 is 0 Å². The van der Waals surface area contributed by atoms with Crippen LogP contribution in [0.1, 0.15) is 18.9 Å². The smallest absolute Gasteiger partial charge is 0.132 e. The van der Waals surface area contributed by atoms with Crippen molar-refractivity contribution in [2.45, 2.75) is 25.9 Å². The number of fused-ring (bicyclic) bond motifs is 1. The maximum absolute atomic E-state index is 13.4. The Kier molecular flexibility index (Phi) is 3.99. The summed E-state index contributed by atoms with van der Waals surface area (Å²) in [7, 11) is 1.96. The number of aromatic nitrogens is 4. The number of anilines is 3. The average molecular weight is 340 g/mol. The van der Waals surface area contributed by atoms with Crippen molar-refractivity contribution in [3.8, 4) is 0 Å². The molecule has 4 heterocycles. The van der Waals surface area contributed by atoms with Gasteiger partial charge in [0.05, 0.1) is 36.5 Å². The zero-order valence-corrected chi connectivity index (χ0v) is 14.4. The van der Waals surface area contributed by atoms with E-state index < -0.39 is 6.17 Å². The minimum absolute atomic E-state index is 0.432. The van der Waals surface area contributed by atoms with Gasteiger partial charge in [-0.05, 0) is 24.5 Å². The number of nitrogens with one attached hydrogen (secondary N) is 1. The van der Waals surface area contributed by atoms with E-state index in [1.54, 1.807) is 12.5 Å². The fourth-order valence-electron chi connectivity index (χ4n) is 3.23. The Bertz CT molecular complexity index is 906. The molecule has 0 spiro atoms. The molecule has 0 aromatic carbocycles. The predicted octanol–water partition coefficient (Wildman–Crippen LogP) is 3.22. The van der Waals surface area contributed by atoms with Gasteiger partial charge in [-0.25, -0.2) is 19.3 Å². The van der Waals surface area contributed by atoms with Crippen LogP contribution in [0.3, 0.4) is 0 Å². The minimum atomic E-state index is -0.750. The zero-order chi connectivity index (χ0) is 17.4. The number of imidazole rings is 1. The highest BCUT2D eigenvalue weighted by Crippen LogP contribution is 2.27. The first kappa shape index (κ1) is 15.8. The Labute approximate surface area is 145 Å². The number of halogens is 1. The van der Waals surface area contributed by atoms with E-state index in [1.807, 2.05) is 34.8 Å². The van der Waals surface area contributed by atoms with Gasteiger partial charge in [0, 0.05) is 19.7 Å². The molecule has 130 valence electrons. The van der Waals surface area contributed by atoms with Crippen LogP contribution in [0.25, 0.3) is 11.0 Å². The van der Waals surface area contributed by atoms with Crippen molar-refractivity contribution >= 4 is 28.4 Å². The Morgan fingerprint density at radius 2 is 2.12 bits per heavy atom. The minimum Gasteiger partial charge on any atom is -0.354 e. The predicted molar refractivity (Wildman–Crippen MR) is 97.1 cm³/mol. The van der Waals surface area contributed by atoms with Crippen LogP contribution in [0.2, 0.25) is 0 Å². The molecule has 1 fully saturated rings. The summed E-state index contributed by atoms with van der Waals surface area (Å²) in [5, 5.41) is 3.35. The van der Waals surface area contributed by atoms with Gasteiger partial charge < -0.3 is 14.8 Å². The lowest BCUT2D eigenvalue weighted by atomic mass is 10.1. The molecule has 3 aromatic heterocycles. The lowest BCUT2D eigenvalue weighted by Gasteiger charge is -2.19. The van der Waals surface area contributed by atoms with E-state index >= 15 is 0 Å². The third-order valence-corrected chi connectivity index (χ3v) is 4.69. The SMILES string of the molecule is CCc1cc(N2CC[C@@H](F)C2)ncc1Nc1cc2c(cn1)ncn2C. The molecule has 0 amide bonds. The lowest BCUT2D eigenvalue weighted by Crippen LogP contribution is -2.21. The maximum atomic E-state index is 13.4. The summed E-state index contributed by atoms with van der Waals surface area (Å²) in [6.45, 7) is 3.26. The van der Waals surface area contributed by atoms with Crippen LogP contribution in [0.15, 0.2) is 30.9 Å². The van der Waals surface area contributed by atoms with Gasteiger partial charge in [-0.2, -0.15) is 0 Å². The van der Waals surface area contributed by atoms with Crippen LogP contribution < -0.4 is 10.2 Å². The molecular weight excluding hydrogens is 319 g/mol. The number of pyridine rings is 2. The van der Waals surface area contributed by atoms with Gasteiger partial charge in [0.25, 0.3) is 0 Å². The van der Waals surface area contributed by atoms with Crippen LogP contribution in [0, 0.1) is 0 Å². The number of hydrogen-bond acceptors (Lipinski definition) is 5. The largest absolute Gasteiger partial charge is 0.354 e. The molecule has 1 N–H and O–H groups in total. The molecular formula is C18H21FN6. The fourth-order valence-corrected chi connectivity index (χ4v) is 3.23. The molecule has 1 aliphatic rings. The summed E-state index contributed by atoms with van der Waals surface area (Å²) in [6, 6.07) is 4.02. The zero-order valence-electron chi connectivity index (χ0n) is 14.4. The summed E-state index contributed by atoms with van der Waals surface area (Å²) < 4.78 is 15.4.